The molecule has 0 saturated carbocycles. The van der Waals surface area contributed by atoms with Gasteiger partial charge in [0.25, 0.3) is 0 Å². The number of hydrogen-bond acceptors (Lipinski definition) is 3. The highest BCUT2D eigenvalue weighted by Crippen LogP contribution is 2.23. The average Bonchev–Trinajstić information content (AvgIpc) is 2.36. The molecule has 0 aliphatic heterocycles. The van der Waals surface area contributed by atoms with Gasteiger partial charge in [-0.25, -0.2) is 0 Å². The Morgan fingerprint density at radius 2 is 2.12 bits per heavy atom. The van der Waals surface area contributed by atoms with Crippen LogP contribution in [0.15, 0.2) is 30.5 Å². The zero-order valence-electron chi connectivity index (χ0n) is 9.47. The third-order valence-corrected chi connectivity index (χ3v) is 2.84. The summed E-state index contributed by atoms with van der Waals surface area (Å²) in [5, 5.41) is 10.1. The van der Waals surface area contributed by atoms with Crippen molar-refractivity contribution in [2.45, 2.75) is 26.2 Å². The maximum Gasteiger partial charge on any atom is 0.141 e. The fourth-order valence-corrected chi connectivity index (χ4v) is 1.83. The summed E-state index contributed by atoms with van der Waals surface area (Å²) < 4.78 is 0. The Labute approximate surface area is 94.5 Å². The lowest BCUT2D eigenvalue weighted by Gasteiger charge is -2.10. The van der Waals surface area contributed by atoms with Gasteiger partial charge in [-0.05, 0) is 6.92 Å². The lowest BCUT2D eigenvalue weighted by molar-refractivity contribution is -0.119. The van der Waals surface area contributed by atoms with E-state index in [0.717, 1.165) is 16.5 Å². The Morgan fingerprint density at radius 3 is 2.88 bits per heavy atom. The quantitative estimate of drug-likeness (QED) is 0.789. The maximum absolute atomic E-state index is 11.7. The molecule has 2 rings (SSSR count). The SMILES string of the molecule is CCC(=O)C(C)c1nncc2ccccc12. The molecule has 1 atom stereocenters. The number of carbonyl (C=O) groups is 1. The molecular weight excluding hydrogens is 200 g/mol. The average molecular weight is 214 g/mol. The van der Waals surface area contributed by atoms with E-state index >= 15 is 0 Å². The highest BCUT2D eigenvalue weighted by atomic mass is 16.1. The molecule has 1 aromatic heterocycles. The predicted octanol–water partition coefficient (Wildman–Crippen LogP) is 2.71. The van der Waals surface area contributed by atoms with Gasteiger partial charge in [-0.1, -0.05) is 31.2 Å². The molecule has 3 heteroatoms. The molecule has 0 bridgehead atoms. The van der Waals surface area contributed by atoms with Gasteiger partial charge in [0, 0.05) is 17.2 Å². The predicted molar refractivity (Wildman–Crippen MR) is 63.3 cm³/mol. The van der Waals surface area contributed by atoms with Crippen molar-refractivity contribution in [3.05, 3.63) is 36.2 Å². The molecule has 1 aromatic carbocycles. The van der Waals surface area contributed by atoms with Gasteiger partial charge in [0.15, 0.2) is 0 Å². The molecule has 0 spiro atoms. The molecule has 82 valence electrons. The molecule has 0 fully saturated rings. The van der Waals surface area contributed by atoms with Crippen molar-refractivity contribution in [1.29, 1.82) is 0 Å². The summed E-state index contributed by atoms with van der Waals surface area (Å²) in [6, 6.07) is 7.88. The monoisotopic (exact) mass is 214 g/mol. The first kappa shape index (κ1) is 10.7. The molecule has 2 aromatic rings. The highest BCUT2D eigenvalue weighted by molar-refractivity contribution is 5.91. The minimum Gasteiger partial charge on any atom is -0.299 e. The molecule has 0 saturated heterocycles. The molecule has 0 aliphatic carbocycles. The Hall–Kier alpha value is -1.77. The van der Waals surface area contributed by atoms with Gasteiger partial charge in [-0.3, -0.25) is 4.79 Å². The van der Waals surface area contributed by atoms with Crippen LogP contribution in [-0.2, 0) is 4.79 Å². The van der Waals surface area contributed by atoms with Crippen molar-refractivity contribution in [2.24, 2.45) is 0 Å². The third kappa shape index (κ3) is 1.81. The Balaban J connectivity index is 2.56. The second kappa shape index (κ2) is 4.39. The van der Waals surface area contributed by atoms with Crippen molar-refractivity contribution >= 4 is 16.6 Å². The molecule has 0 amide bonds. The molecule has 1 unspecified atom stereocenters. The van der Waals surface area contributed by atoms with Gasteiger partial charge in [-0.15, -0.1) is 0 Å². The van der Waals surface area contributed by atoms with Gasteiger partial charge in [0.2, 0.25) is 0 Å². The second-order valence-corrected chi connectivity index (χ2v) is 3.86. The lowest BCUT2D eigenvalue weighted by atomic mass is 9.96. The lowest BCUT2D eigenvalue weighted by Crippen LogP contribution is -2.10. The van der Waals surface area contributed by atoms with Crippen LogP contribution < -0.4 is 0 Å². The molecule has 3 nitrogen and oxygen atoms in total. The third-order valence-electron chi connectivity index (χ3n) is 2.84. The fourth-order valence-electron chi connectivity index (χ4n) is 1.83. The van der Waals surface area contributed by atoms with E-state index in [1.54, 1.807) is 6.20 Å². The molecule has 0 N–H and O–H groups in total. The molecular formula is C13H14N2O. The van der Waals surface area contributed by atoms with Crippen molar-refractivity contribution in [3.8, 4) is 0 Å². The van der Waals surface area contributed by atoms with Crippen LogP contribution in [0.5, 0.6) is 0 Å². The van der Waals surface area contributed by atoms with Crippen molar-refractivity contribution in [2.75, 3.05) is 0 Å². The van der Waals surface area contributed by atoms with Crippen LogP contribution in [0.2, 0.25) is 0 Å². The number of benzene rings is 1. The zero-order chi connectivity index (χ0) is 11.5. The maximum atomic E-state index is 11.7. The number of carbonyl (C=O) groups excluding carboxylic acids is 1. The smallest absolute Gasteiger partial charge is 0.141 e. The highest BCUT2D eigenvalue weighted by Gasteiger charge is 2.17. The summed E-state index contributed by atoms with van der Waals surface area (Å²) in [5.74, 6) is 0.0225. The van der Waals surface area contributed by atoms with E-state index < -0.39 is 0 Å². The zero-order valence-corrected chi connectivity index (χ0v) is 9.47. The van der Waals surface area contributed by atoms with E-state index in [0.29, 0.717) is 6.42 Å². The molecule has 0 radical (unpaired) electrons. The second-order valence-electron chi connectivity index (χ2n) is 3.86. The number of Topliss-reactive ketones (excluding diaryl/α,β-unsaturated/α-hetero) is 1. The molecule has 1 heterocycles. The standard InChI is InChI=1S/C13H14N2O/c1-3-12(16)9(2)13-11-7-5-4-6-10(11)8-14-15-13/h4-9H,3H2,1-2H3. The minimum atomic E-state index is -0.177. The summed E-state index contributed by atoms with van der Waals surface area (Å²) >= 11 is 0. The van der Waals surface area contributed by atoms with E-state index in [9.17, 15) is 4.79 Å². The number of aromatic nitrogens is 2. The van der Waals surface area contributed by atoms with Crippen LogP contribution in [0.1, 0.15) is 31.9 Å². The minimum absolute atomic E-state index is 0.177. The first-order chi connectivity index (χ1) is 7.74. The van der Waals surface area contributed by atoms with Crippen molar-refractivity contribution in [1.82, 2.24) is 10.2 Å². The first-order valence-electron chi connectivity index (χ1n) is 5.47. The van der Waals surface area contributed by atoms with E-state index in [2.05, 4.69) is 10.2 Å². The largest absolute Gasteiger partial charge is 0.299 e. The van der Waals surface area contributed by atoms with Crippen molar-refractivity contribution < 1.29 is 4.79 Å². The number of fused-ring (bicyclic) bond motifs is 1. The van der Waals surface area contributed by atoms with Gasteiger partial charge in [0.1, 0.15) is 5.78 Å². The van der Waals surface area contributed by atoms with E-state index in [1.807, 2.05) is 38.1 Å². The van der Waals surface area contributed by atoms with Gasteiger partial charge < -0.3 is 0 Å². The van der Waals surface area contributed by atoms with Crippen molar-refractivity contribution in [3.63, 3.8) is 0 Å². The normalized spacial score (nSPS) is 12.6. The van der Waals surface area contributed by atoms with Crippen LogP contribution in [0.3, 0.4) is 0 Å². The van der Waals surface area contributed by atoms with E-state index in [-0.39, 0.29) is 11.7 Å². The van der Waals surface area contributed by atoms with Crippen LogP contribution in [-0.4, -0.2) is 16.0 Å². The van der Waals surface area contributed by atoms with Gasteiger partial charge in [0.05, 0.1) is 17.8 Å². The summed E-state index contributed by atoms with van der Waals surface area (Å²) in [6.07, 6.45) is 2.26. The van der Waals surface area contributed by atoms with Gasteiger partial charge in [-0.2, -0.15) is 10.2 Å². The molecule has 0 aliphatic rings. The Kier molecular flexibility index (Phi) is 2.95. The van der Waals surface area contributed by atoms with Crippen LogP contribution >= 0.6 is 0 Å². The first-order valence-corrected chi connectivity index (χ1v) is 5.47. The summed E-state index contributed by atoms with van der Waals surface area (Å²) in [6.45, 7) is 3.76. The van der Waals surface area contributed by atoms with E-state index in [4.69, 9.17) is 0 Å². The Bertz CT molecular complexity index is 517. The number of ketones is 1. The summed E-state index contributed by atoms with van der Waals surface area (Å²) in [5.41, 5.74) is 0.782. The summed E-state index contributed by atoms with van der Waals surface area (Å²) in [7, 11) is 0. The van der Waals surface area contributed by atoms with Crippen LogP contribution in [0.4, 0.5) is 0 Å². The summed E-state index contributed by atoms with van der Waals surface area (Å²) in [4.78, 5) is 11.7. The fraction of sp³-hybridized carbons (Fsp3) is 0.308. The Morgan fingerprint density at radius 1 is 1.38 bits per heavy atom. The van der Waals surface area contributed by atoms with Crippen LogP contribution in [0.25, 0.3) is 10.8 Å². The number of nitrogens with zero attached hydrogens (tertiary/aromatic N) is 2. The van der Waals surface area contributed by atoms with E-state index in [1.165, 1.54) is 0 Å². The topological polar surface area (TPSA) is 42.9 Å². The van der Waals surface area contributed by atoms with Crippen LogP contribution in [0, 0.1) is 0 Å². The number of rotatable bonds is 3. The number of hydrogen-bond donors (Lipinski definition) is 0. The molecule has 16 heavy (non-hydrogen) atoms. The van der Waals surface area contributed by atoms with Gasteiger partial charge >= 0.3 is 0 Å².